The minimum atomic E-state index is -0.745. The van der Waals surface area contributed by atoms with Crippen LogP contribution in [0.25, 0.3) is 10.9 Å². The predicted octanol–water partition coefficient (Wildman–Crippen LogP) is 2.46. The molecular formula is C15H20N2O2. The molecule has 19 heavy (non-hydrogen) atoms. The zero-order valence-corrected chi connectivity index (χ0v) is 11.1. The molecule has 1 aliphatic rings. The summed E-state index contributed by atoms with van der Waals surface area (Å²) in [5, 5.41) is 9.08. The van der Waals surface area contributed by atoms with E-state index in [4.69, 9.17) is 10.8 Å². The predicted molar refractivity (Wildman–Crippen MR) is 76.2 cm³/mol. The Labute approximate surface area is 112 Å². The number of para-hydroxylation sites is 1. The highest BCUT2D eigenvalue weighted by Crippen LogP contribution is 2.28. The van der Waals surface area contributed by atoms with Crippen molar-refractivity contribution in [2.75, 3.05) is 0 Å². The lowest BCUT2D eigenvalue weighted by Gasteiger charge is -2.17. The summed E-state index contributed by atoms with van der Waals surface area (Å²) in [7, 11) is 0. The molecule has 0 radical (unpaired) electrons. The van der Waals surface area contributed by atoms with E-state index in [1.165, 1.54) is 22.2 Å². The van der Waals surface area contributed by atoms with Gasteiger partial charge >= 0.3 is 5.97 Å². The summed E-state index contributed by atoms with van der Waals surface area (Å²) in [6, 6.07) is 8.84. The number of nitrogens with one attached hydrogen (secondary N) is 1. The number of carboxylic acid groups (broad SMARTS) is 1. The van der Waals surface area contributed by atoms with Crippen LogP contribution in [0.5, 0.6) is 0 Å². The van der Waals surface area contributed by atoms with Gasteiger partial charge in [0, 0.05) is 29.1 Å². The van der Waals surface area contributed by atoms with Gasteiger partial charge in [-0.15, -0.1) is 0 Å². The van der Waals surface area contributed by atoms with Gasteiger partial charge < -0.3 is 15.8 Å². The molecule has 4 nitrogen and oxygen atoms in total. The normalized spacial score (nSPS) is 17.5. The number of H-pyrrole nitrogens is 1. The fourth-order valence-electron chi connectivity index (χ4n) is 2.40. The second-order valence-corrected chi connectivity index (χ2v) is 4.88. The summed E-state index contributed by atoms with van der Waals surface area (Å²) in [5.41, 5.74) is 10.1. The SMILES string of the molecule is CCC(=O)O.NC1CCc2[nH]c3ccccc3c2C1. The number of rotatable bonds is 1. The van der Waals surface area contributed by atoms with E-state index in [-0.39, 0.29) is 6.42 Å². The van der Waals surface area contributed by atoms with Crippen molar-refractivity contribution in [1.29, 1.82) is 0 Å². The van der Waals surface area contributed by atoms with Crippen molar-refractivity contribution in [2.45, 2.75) is 38.6 Å². The Bertz CT molecular complexity index is 575. The molecule has 1 heterocycles. The molecule has 2 aromatic rings. The molecule has 1 aromatic heterocycles. The molecule has 1 aliphatic carbocycles. The number of hydrogen-bond donors (Lipinski definition) is 3. The first-order chi connectivity index (χ1) is 9.11. The molecule has 1 atom stereocenters. The highest BCUT2D eigenvalue weighted by Gasteiger charge is 2.19. The summed E-state index contributed by atoms with van der Waals surface area (Å²) in [4.78, 5) is 12.8. The Morgan fingerprint density at radius 1 is 1.47 bits per heavy atom. The van der Waals surface area contributed by atoms with Crippen LogP contribution in [-0.2, 0) is 17.6 Å². The lowest BCUT2D eigenvalue weighted by atomic mass is 9.92. The Kier molecular flexibility index (Phi) is 4.22. The van der Waals surface area contributed by atoms with Gasteiger partial charge in [-0.3, -0.25) is 4.79 Å². The first-order valence-electron chi connectivity index (χ1n) is 6.67. The Morgan fingerprint density at radius 2 is 2.16 bits per heavy atom. The molecule has 102 valence electrons. The molecule has 4 heteroatoms. The molecule has 0 saturated heterocycles. The van der Waals surface area contributed by atoms with E-state index in [1.807, 2.05) is 0 Å². The van der Waals surface area contributed by atoms with Crippen LogP contribution < -0.4 is 5.73 Å². The van der Waals surface area contributed by atoms with Gasteiger partial charge in [0.25, 0.3) is 0 Å². The summed E-state index contributed by atoms with van der Waals surface area (Å²) in [6.07, 6.45) is 3.46. The number of carboxylic acids is 1. The average molecular weight is 260 g/mol. The maximum absolute atomic E-state index is 9.37. The second-order valence-electron chi connectivity index (χ2n) is 4.88. The standard InChI is InChI=1S/C12H14N2.C3H6O2/c13-8-5-6-12-10(7-8)9-3-1-2-4-11(9)14-12;1-2-3(4)5/h1-4,8,14H,5-7,13H2;2H2,1H3,(H,4,5). The topological polar surface area (TPSA) is 79.1 Å². The van der Waals surface area contributed by atoms with E-state index in [2.05, 4.69) is 29.2 Å². The van der Waals surface area contributed by atoms with Crippen molar-refractivity contribution >= 4 is 16.9 Å². The van der Waals surface area contributed by atoms with Crippen LogP contribution in [0, 0.1) is 0 Å². The Hall–Kier alpha value is -1.81. The highest BCUT2D eigenvalue weighted by molar-refractivity contribution is 5.84. The fraction of sp³-hybridized carbons (Fsp3) is 0.400. The number of aryl methyl sites for hydroxylation is 1. The molecule has 0 aliphatic heterocycles. The third-order valence-electron chi connectivity index (χ3n) is 3.44. The molecule has 1 aromatic carbocycles. The van der Waals surface area contributed by atoms with Crippen molar-refractivity contribution in [3.05, 3.63) is 35.5 Å². The van der Waals surface area contributed by atoms with E-state index in [0.29, 0.717) is 6.04 Å². The molecule has 0 saturated carbocycles. The molecule has 3 rings (SSSR count). The number of aromatic amines is 1. The number of aliphatic carboxylic acids is 1. The highest BCUT2D eigenvalue weighted by atomic mass is 16.4. The van der Waals surface area contributed by atoms with Crippen LogP contribution in [0.15, 0.2) is 24.3 Å². The maximum atomic E-state index is 9.37. The van der Waals surface area contributed by atoms with Crippen LogP contribution in [0.2, 0.25) is 0 Å². The van der Waals surface area contributed by atoms with Gasteiger partial charge in [-0.05, 0) is 30.9 Å². The summed E-state index contributed by atoms with van der Waals surface area (Å²) in [6.45, 7) is 1.60. The van der Waals surface area contributed by atoms with Crippen molar-refractivity contribution in [3.8, 4) is 0 Å². The summed E-state index contributed by atoms with van der Waals surface area (Å²) < 4.78 is 0. The Morgan fingerprint density at radius 3 is 2.84 bits per heavy atom. The monoisotopic (exact) mass is 260 g/mol. The number of carbonyl (C=O) groups is 1. The molecule has 0 amide bonds. The van der Waals surface area contributed by atoms with Crippen LogP contribution in [0.1, 0.15) is 31.0 Å². The molecule has 0 fully saturated rings. The van der Waals surface area contributed by atoms with Crippen molar-refractivity contribution in [1.82, 2.24) is 4.98 Å². The number of fused-ring (bicyclic) bond motifs is 3. The van der Waals surface area contributed by atoms with Gasteiger partial charge in [0.2, 0.25) is 0 Å². The molecule has 4 N–H and O–H groups in total. The zero-order valence-electron chi connectivity index (χ0n) is 11.1. The first-order valence-corrected chi connectivity index (χ1v) is 6.67. The third kappa shape index (κ3) is 3.15. The van der Waals surface area contributed by atoms with Crippen molar-refractivity contribution in [3.63, 3.8) is 0 Å². The van der Waals surface area contributed by atoms with Gasteiger partial charge in [0.05, 0.1) is 0 Å². The lowest BCUT2D eigenvalue weighted by Crippen LogP contribution is -2.27. The molecule has 0 bridgehead atoms. The van der Waals surface area contributed by atoms with Gasteiger partial charge in [-0.25, -0.2) is 0 Å². The van der Waals surface area contributed by atoms with Crippen LogP contribution in [-0.4, -0.2) is 22.1 Å². The number of aromatic nitrogens is 1. The van der Waals surface area contributed by atoms with Crippen LogP contribution in [0.4, 0.5) is 0 Å². The van der Waals surface area contributed by atoms with Crippen LogP contribution in [0.3, 0.4) is 0 Å². The van der Waals surface area contributed by atoms with E-state index in [9.17, 15) is 4.79 Å². The molecule has 1 unspecified atom stereocenters. The average Bonchev–Trinajstić information content (AvgIpc) is 2.77. The molecule has 0 spiro atoms. The van der Waals surface area contributed by atoms with Gasteiger partial charge in [0.1, 0.15) is 0 Å². The zero-order chi connectivity index (χ0) is 13.8. The second kappa shape index (κ2) is 5.89. The minimum Gasteiger partial charge on any atom is -0.481 e. The number of hydrogen-bond acceptors (Lipinski definition) is 2. The first kappa shape index (κ1) is 13.6. The minimum absolute atomic E-state index is 0.222. The smallest absolute Gasteiger partial charge is 0.303 e. The van der Waals surface area contributed by atoms with E-state index >= 15 is 0 Å². The van der Waals surface area contributed by atoms with Crippen molar-refractivity contribution in [2.24, 2.45) is 5.73 Å². The Balaban J connectivity index is 0.000000232. The fourth-order valence-corrected chi connectivity index (χ4v) is 2.40. The summed E-state index contributed by atoms with van der Waals surface area (Å²) >= 11 is 0. The van der Waals surface area contributed by atoms with Gasteiger partial charge in [-0.2, -0.15) is 0 Å². The molecular weight excluding hydrogens is 240 g/mol. The quantitative estimate of drug-likeness (QED) is 0.737. The van der Waals surface area contributed by atoms with Crippen molar-refractivity contribution < 1.29 is 9.90 Å². The summed E-state index contributed by atoms with van der Waals surface area (Å²) in [5.74, 6) is -0.745. The van der Waals surface area contributed by atoms with Gasteiger partial charge in [-0.1, -0.05) is 25.1 Å². The third-order valence-corrected chi connectivity index (χ3v) is 3.44. The maximum Gasteiger partial charge on any atom is 0.303 e. The van der Waals surface area contributed by atoms with E-state index in [1.54, 1.807) is 6.92 Å². The van der Waals surface area contributed by atoms with Gasteiger partial charge in [0.15, 0.2) is 0 Å². The van der Waals surface area contributed by atoms with Crippen LogP contribution >= 0.6 is 0 Å². The number of nitrogens with two attached hydrogens (primary N) is 1. The number of benzene rings is 1. The van der Waals surface area contributed by atoms with E-state index in [0.717, 1.165) is 19.3 Å². The van der Waals surface area contributed by atoms with E-state index < -0.39 is 5.97 Å². The largest absolute Gasteiger partial charge is 0.481 e. The lowest BCUT2D eigenvalue weighted by molar-refractivity contribution is -0.136.